The third kappa shape index (κ3) is 3.74. The highest BCUT2D eigenvalue weighted by molar-refractivity contribution is 7.90. The molecule has 0 heterocycles. The van der Waals surface area contributed by atoms with Crippen molar-refractivity contribution in [2.24, 2.45) is 0 Å². The van der Waals surface area contributed by atoms with E-state index in [-0.39, 0.29) is 21.8 Å². The fraction of sp³-hybridized carbons (Fsp3) is 0.133. The van der Waals surface area contributed by atoms with Gasteiger partial charge in [0.25, 0.3) is 11.6 Å². The first-order valence-corrected chi connectivity index (χ1v) is 8.55. The second-order valence-electron chi connectivity index (χ2n) is 5.12. The lowest BCUT2D eigenvalue weighted by molar-refractivity contribution is -0.384. The molecule has 24 heavy (non-hydrogen) atoms. The topological polar surface area (TPSA) is 106 Å². The van der Waals surface area contributed by atoms with E-state index in [0.29, 0.717) is 5.56 Å². The van der Waals surface area contributed by atoms with Gasteiger partial charge < -0.3 is 5.32 Å². The minimum Gasteiger partial charge on any atom is -0.319 e. The van der Waals surface area contributed by atoms with Gasteiger partial charge in [-0.15, -0.1) is 0 Å². The molecule has 1 N–H and O–H groups in total. The van der Waals surface area contributed by atoms with Gasteiger partial charge in [-0.05, 0) is 30.7 Å². The molecule has 0 aliphatic rings. The third-order valence-electron chi connectivity index (χ3n) is 3.29. The molecule has 0 aliphatic carbocycles. The van der Waals surface area contributed by atoms with Crippen molar-refractivity contribution in [2.75, 3.05) is 11.6 Å². The summed E-state index contributed by atoms with van der Waals surface area (Å²) in [5.74, 6) is -1.60. The number of carbonyl (C=O) groups excluding carboxylic acids is 1. The Kier molecular flexibility index (Phi) is 4.65. The molecule has 2 rings (SSSR count). The first kappa shape index (κ1) is 17.5. The quantitative estimate of drug-likeness (QED) is 0.517. The summed E-state index contributed by atoms with van der Waals surface area (Å²) in [6.45, 7) is 1.57. The van der Waals surface area contributed by atoms with Crippen molar-refractivity contribution in [3.63, 3.8) is 0 Å². The zero-order valence-electron chi connectivity index (χ0n) is 12.7. The van der Waals surface area contributed by atoms with Gasteiger partial charge in [-0.1, -0.05) is 6.07 Å². The van der Waals surface area contributed by atoms with E-state index in [4.69, 9.17) is 0 Å². The van der Waals surface area contributed by atoms with E-state index in [1.165, 1.54) is 12.1 Å². The van der Waals surface area contributed by atoms with Gasteiger partial charge in [-0.3, -0.25) is 14.9 Å². The molecule has 126 valence electrons. The van der Waals surface area contributed by atoms with Crippen molar-refractivity contribution in [3.05, 3.63) is 63.5 Å². The molecular formula is C15H13FN2O5S. The first-order chi connectivity index (χ1) is 11.1. The van der Waals surface area contributed by atoms with Crippen molar-refractivity contribution >= 4 is 27.1 Å². The van der Waals surface area contributed by atoms with Gasteiger partial charge in [-0.25, -0.2) is 12.8 Å². The lowest BCUT2D eigenvalue weighted by Gasteiger charge is -2.10. The van der Waals surface area contributed by atoms with Crippen molar-refractivity contribution in [2.45, 2.75) is 11.8 Å². The van der Waals surface area contributed by atoms with Crippen LogP contribution in [0.2, 0.25) is 0 Å². The number of halogens is 1. The van der Waals surface area contributed by atoms with E-state index >= 15 is 0 Å². The molecule has 0 atom stereocenters. The highest BCUT2D eigenvalue weighted by Crippen LogP contribution is 2.22. The molecule has 0 unspecified atom stereocenters. The number of carbonyl (C=O) groups is 1. The number of nitrogens with one attached hydrogen (secondary N) is 1. The van der Waals surface area contributed by atoms with Gasteiger partial charge in [0.1, 0.15) is 5.82 Å². The zero-order valence-corrected chi connectivity index (χ0v) is 13.6. The highest BCUT2D eigenvalue weighted by atomic mass is 32.2. The average molecular weight is 352 g/mol. The molecule has 0 spiro atoms. The van der Waals surface area contributed by atoms with Crippen molar-refractivity contribution in [1.29, 1.82) is 0 Å². The molecule has 0 aliphatic heterocycles. The summed E-state index contributed by atoms with van der Waals surface area (Å²) in [6.07, 6.45) is 0.955. The summed E-state index contributed by atoms with van der Waals surface area (Å²) in [5, 5.41) is 13.0. The SMILES string of the molecule is Cc1ccc([N+](=O)[O-])cc1C(=O)Nc1cc(S(C)(=O)=O)ccc1F. The van der Waals surface area contributed by atoms with E-state index in [0.717, 1.165) is 30.5 Å². The molecular weight excluding hydrogens is 339 g/mol. The van der Waals surface area contributed by atoms with Crippen LogP contribution in [0.15, 0.2) is 41.3 Å². The predicted molar refractivity (Wildman–Crippen MR) is 85.3 cm³/mol. The maximum absolute atomic E-state index is 13.8. The van der Waals surface area contributed by atoms with Gasteiger partial charge in [0.05, 0.1) is 15.5 Å². The number of anilines is 1. The molecule has 2 aromatic rings. The Morgan fingerprint density at radius 2 is 1.88 bits per heavy atom. The van der Waals surface area contributed by atoms with E-state index in [1.807, 2.05) is 0 Å². The zero-order chi connectivity index (χ0) is 18.1. The van der Waals surface area contributed by atoms with Crippen molar-refractivity contribution in [1.82, 2.24) is 0 Å². The summed E-state index contributed by atoms with van der Waals surface area (Å²) in [4.78, 5) is 22.3. The molecule has 0 fully saturated rings. The number of hydrogen-bond acceptors (Lipinski definition) is 5. The summed E-state index contributed by atoms with van der Waals surface area (Å²) in [7, 11) is -3.58. The van der Waals surface area contributed by atoms with E-state index < -0.39 is 26.5 Å². The number of nitrogens with zero attached hydrogens (tertiary/aromatic N) is 1. The fourth-order valence-corrected chi connectivity index (χ4v) is 2.64. The highest BCUT2D eigenvalue weighted by Gasteiger charge is 2.17. The second-order valence-corrected chi connectivity index (χ2v) is 7.14. The lowest BCUT2D eigenvalue weighted by Crippen LogP contribution is -2.15. The van der Waals surface area contributed by atoms with Gasteiger partial charge in [0, 0.05) is 24.0 Å². The Balaban J connectivity index is 2.40. The first-order valence-electron chi connectivity index (χ1n) is 6.65. The monoisotopic (exact) mass is 352 g/mol. The molecule has 2 aromatic carbocycles. The number of benzene rings is 2. The summed E-state index contributed by atoms with van der Waals surface area (Å²) < 4.78 is 36.9. The molecule has 9 heteroatoms. The van der Waals surface area contributed by atoms with Crippen molar-refractivity contribution in [3.8, 4) is 0 Å². The number of aryl methyl sites for hydroxylation is 1. The van der Waals surface area contributed by atoms with Gasteiger partial charge in [0.2, 0.25) is 0 Å². The van der Waals surface area contributed by atoms with Gasteiger partial charge in [-0.2, -0.15) is 0 Å². The summed E-state index contributed by atoms with van der Waals surface area (Å²) >= 11 is 0. The molecule has 0 aromatic heterocycles. The Morgan fingerprint density at radius 1 is 1.21 bits per heavy atom. The van der Waals surface area contributed by atoms with Crippen LogP contribution in [0.5, 0.6) is 0 Å². The maximum Gasteiger partial charge on any atom is 0.270 e. The fourth-order valence-electron chi connectivity index (χ4n) is 1.99. The molecule has 7 nitrogen and oxygen atoms in total. The van der Waals surface area contributed by atoms with Crippen LogP contribution in [0.25, 0.3) is 0 Å². The normalized spacial score (nSPS) is 11.1. The largest absolute Gasteiger partial charge is 0.319 e. The minimum atomic E-state index is -3.58. The molecule has 0 saturated heterocycles. The second kappa shape index (κ2) is 6.36. The summed E-state index contributed by atoms with van der Waals surface area (Å²) in [5.41, 5.74) is -0.156. The predicted octanol–water partition coefficient (Wildman–Crippen LogP) is 2.70. The summed E-state index contributed by atoms with van der Waals surface area (Å²) in [6, 6.07) is 6.72. The number of hydrogen-bond donors (Lipinski definition) is 1. The molecule has 0 saturated carbocycles. The minimum absolute atomic E-state index is 0.00615. The number of nitro benzene ring substituents is 1. The number of rotatable bonds is 4. The third-order valence-corrected chi connectivity index (χ3v) is 4.40. The van der Waals surface area contributed by atoms with Crippen LogP contribution in [-0.4, -0.2) is 25.5 Å². The van der Waals surface area contributed by atoms with Crippen LogP contribution in [0.4, 0.5) is 15.8 Å². The van der Waals surface area contributed by atoms with Gasteiger partial charge >= 0.3 is 0 Å². The Labute approximate surface area is 137 Å². The average Bonchev–Trinajstić information content (AvgIpc) is 2.48. The number of sulfone groups is 1. The number of nitro groups is 1. The molecule has 0 radical (unpaired) electrons. The number of amides is 1. The Morgan fingerprint density at radius 3 is 2.46 bits per heavy atom. The van der Waals surface area contributed by atoms with Crippen LogP contribution in [0.3, 0.4) is 0 Å². The van der Waals surface area contributed by atoms with E-state index in [2.05, 4.69) is 5.32 Å². The van der Waals surface area contributed by atoms with Crippen molar-refractivity contribution < 1.29 is 22.5 Å². The Bertz CT molecular complexity index is 941. The van der Waals surface area contributed by atoms with E-state index in [9.17, 15) is 27.7 Å². The van der Waals surface area contributed by atoms with Gasteiger partial charge in [0.15, 0.2) is 9.84 Å². The number of non-ortho nitro benzene ring substituents is 1. The molecule has 1 amide bonds. The molecule has 0 bridgehead atoms. The van der Waals surface area contributed by atoms with Crippen LogP contribution < -0.4 is 5.32 Å². The maximum atomic E-state index is 13.8. The van der Waals surface area contributed by atoms with E-state index in [1.54, 1.807) is 6.92 Å². The smallest absolute Gasteiger partial charge is 0.270 e. The van der Waals surface area contributed by atoms with Crippen LogP contribution in [0, 0.1) is 22.9 Å². The van der Waals surface area contributed by atoms with Crippen LogP contribution in [-0.2, 0) is 9.84 Å². The lowest BCUT2D eigenvalue weighted by atomic mass is 10.1. The van der Waals surface area contributed by atoms with Crippen LogP contribution >= 0.6 is 0 Å². The van der Waals surface area contributed by atoms with Crippen LogP contribution in [0.1, 0.15) is 15.9 Å². The Hall–Kier alpha value is -2.81. The standard InChI is InChI=1S/C15H13FN2O5S/c1-9-3-4-10(18(20)21)7-12(9)15(19)17-14-8-11(24(2,22)23)5-6-13(14)16/h3-8H,1-2H3,(H,17,19).